The maximum Gasteiger partial charge on any atom is 0.573 e. The van der Waals surface area contributed by atoms with Crippen molar-refractivity contribution in [3.05, 3.63) is 48.2 Å². The SMILES string of the molecule is O=C1Nc2cc(OC(F)(F)F)ccc2Oc2cc(N3CC[C@@H](O)C3)c(-c3cc[nH]n3)cc21. The van der Waals surface area contributed by atoms with Crippen LogP contribution in [0.25, 0.3) is 11.3 Å². The number of fused-ring (bicyclic) bond motifs is 2. The first-order valence-electron chi connectivity index (χ1n) is 9.77. The van der Waals surface area contributed by atoms with Gasteiger partial charge in [-0.25, -0.2) is 0 Å². The first-order valence-corrected chi connectivity index (χ1v) is 9.77. The smallest absolute Gasteiger partial charge is 0.454 e. The van der Waals surface area contributed by atoms with Crippen LogP contribution in [0.4, 0.5) is 24.5 Å². The van der Waals surface area contributed by atoms with Crippen molar-refractivity contribution in [2.75, 3.05) is 23.3 Å². The molecule has 11 heteroatoms. The maximum atomic E-state index is 12.9. The quantitative estimate of drug-likeness (QED) is 0.564. The van der Waals surface area contributed by atoms with Gasteiger partial charge in [-0.05, 0) is 30.7 Å². The van der Waals surface area contributed by atoms with Gasteiger partial charge in [0.05, 0.1) is 28.7 Å². The summed E-state index contributed by atoms with van der Waals surface area (Å²) >= 11 is 0. The number of amides is 1. The van der Waals surface area contributed by atoms with Crippen LogP contribution in [0.1, 0.15) is 16.8 Å². The Balaban J connectivity index is 1.58. The summed E-state index contributed by atoms with van der Waals surface area (Å²) in [7, 11) is 0. The summed E-state index contributed by atoms with van der Waals surface area (Å²) in [6, 6.07) is 8.53. The van der Waals surface area contributed by atoms with Gasteiger partial charge in [-0.3, -0.25) is 9.89 Å². The largest absolute Gasteiger partial charge is 0.573 e. The number of β-amino-alcohol motifs (C(OH)–C–C–N with tert-alkyl or cyclic N) is 1. The number of aromatic amines is 1. The molecule has 1 atom stereocenters. The molecule has 3 heterocycles. The first kappa shape index (κ1) is 20.2. The van der Waals surface area contributed by atoms with E-state index < -0.39 is 24.1 Å². The van der Waals surface area contributed by atoms with Crippen LogP contribution in [-0.2, 0) is 0 Å². The lowest BCUT2D eigenvalue weighted by atomic mass is 10.0. The Morgan fingerprint density at radius 2 is 2.00 bits per heavy atom. The molecule has 2 aliphatic rings. The normalized spacial score (nSPS) is 17.8. The van der Waals surface area contributed by atoms with Crippen LogP contribution in [-0.4, -0.2) is 46.8 Å². The van der Waals surface area contributed by atoms with Crippen LogP contribution >= 0.6 is 0 Å². The molecule has 5 rings (SSSR count). The standard InChI is InChI=1S/C21H17F3N4O4/c22-21(23,24)32-12-1-2-18-16(7-12)26-20(30)14-8-13(15-3-5-25-27-15)17(9-19(14)31-18)28-6-4-11(29)10-28/h1-3,5,7-9,11,29H,4,6,10H2,(H,25,27)(H,26,30)/t11-/m1/s1. The lowest BCUT2D eigenvalue weighted by Crippen LogP contribution is -2.22. The van der Waals surface area contributed by atoms with Crippen LogP contribution in [0.5, 0.6) is 17.2 Å². The minimum Gasteiger partial charge on any atom is -0.454 e. The molecule has 1 amide bonds. The highest BCUT2D eigenvalue weighted by atomic mass is 19.4. The molecule has 2 aliphatic heterocycles. The monoisotopic (exact) mass is 446 g/mol. The average molecular weight is 446 g/mol. The summed E-state index contributed by atoms with van der Waals surface area (Å²) in [6.07, 6.45) is -3.08. The van der Waals surface area contributed by atoms with Gasteiger partial charge in [0.1, 0.15) is 11.5 Å². The Hall–Kier alpha value is -3.73. The van der Waals surface area contributed by atoms with Gasteiger partial charge in [-0.1, -0.05) is 0 Å². The minimum absolute atomic E-state index is 0.0485. The summed E-state index contributed by atoms with van der Waals surface area (Å²) in [5.41, 5.74) is 2.22. The van der Waals surface area contributed by atoms with Crippen LogP contribution < -0.4 is 19.7 Å². The number of anilines is 2. The molecule has 3 aromatic rings. The van der Waals surface area contributed by atoms with Gasteiger partial charge in [-0.15, -0.1) is 13.2 Å². The third-order valence-electron chi connectivity index (χ3n) is 5.28. The molecular formula is C21H17F3N4O4. The number of carbonyl (C=O) groups excluding carboxylic acids is 1. The van der Waals surface area contributed by atoms with Crippen molar-refractivity contribution in [3.63, 3.8) is 0 Å². The molecule has 1 fully saturated rings. The summed E-state index contributed by atoms with van der Waals surface area (Å²) in [4.78, 5) is 14.9. The van der Waals surface area contributed by atoms with Gasteiger partial charge in [0.2, 0.25) is 0 Å². The Kier molecular flexibility index (Phi) is 4.70. The molecule has 0 bridgehead atoms. The van der Waals surface area contributed by atoms with Gasteiger partial charge >= 0.3 is 6.36 Å². The first-order chi connectivity index (χ1) is 15.3. The van der Waals surface area contributed by atoms with E-state index >= 15 is 0 Å². The summed E-state index contributed by atoms with van der Waals surface area (Å²) in [5.74, 6) is -0.615. The number of rotatable bonds is 3. The zero-order chi connectivity index (χ0) is 22.5. The predicted molar refractivity (Wildman–Crippen MR) is 108 cm³/mol. The van der Waals surface area contributed by atoms with E-state index in [1.165, 1.54) is 6.07 Å². The van der Waals surface area contributed by atoms with Crippen molar-refractivity contribution in [2.45, 2.75) is 18.9 Å². The molecule has 0 saturated carbocycles. The van der Waals surface area contributed by atoms with E-state index in [1.54, 1.807) is 24.4 Å². The second-order valence-corrected chi connectivity index (χ2v) is 7.48. The van der Waals surface area contributed by atoms with Gasteiger partial charge < -0.3 is 24.8 Å². The van der Waals surface area contributed by atoms with Crippen LogP contribution in [0.3, 0.4) is 0 Å². The molecule has 1 saturated heterocycles. The second-order valence-electron chi connectivity index (χ2n) is 7.48. The number of halogens is 3. The number of aliphatic hydroxyl groups is 1. The fourth-order valence-corrected chi connectivity index (χ4v) is 3.87. The Morgan fingerprint density at radius 3 is 2.69 bits per heavy atom. The fraction of sp³-hybridized carbons (Fsp3) is 0.238. The van der Waals surface area contributed by atoms with Crippen molar-refractivity contribution >= 4 is 17.3 Å². The Morgan fingerprint density at radius 1 is 1.16 bits per heavy atom. The number of hydrogen-bond acceptors (Lipinski definition) is 6. The molecular weight excluding hydrogens is 429 g/mol. The number of H-pyrrole nitrogens is 1. The average Bonchev–Trinajstić information content (AvgIpc) is 3.38. The van der Waals surface area contributed by atoms with E-state index in [1.807, 2.05) is 4.90 Å². The van der Waals surface area contributed by atoms with Crippen molar-refractivity contribution in [1.82, 2.24) is 10.2 Å². The number of aliphatic hydroxyl groups excluding tert-OH is 1. The van der Waals surface area contributed by atoms with E-state index in [-0.39, 0.29) is 22.7 Å². The van der Waals surface area contributed by atoms with Gasteiger partial charge in [-0.2, -0.15) is 5.10 Å². The molecule has 0 radical (unpaired) electrons. The lowest BCUT2D eigenvalue weighted by Gasteiger charge is -2.22. The molecule has 3 N–H and O–H groups in total. The molecule has 1 aromatic heterocycles. The van der Waals surface area contributed by atoms with Crippen molar-refractivity contribution in [2.24, 2.45) is 0 Å². The number of ether oxygens (including phenoxy) is 2. The fourth-order valence-electron chi connectivity index (χ4n) is 3.87. The van der Waals surface area contributed by atoms with E-state index in [9.17, 15) is 23.1 Å². The van der Waals surface area contributed by atoms with E-state index in [4.69, 9.17) is 4.74 Å². The lowest BCUT2D eigenvalue weighted by molar-refractivity contribution is -0.274. The molecule has 8 nitrogen and oxygen atoms in total. The zero-order valence-electron chi connectivity index (χ0n) is 16.4. The number of hydrogen-bond donors (Lipinski definition) is 3. The molecule has 166 valence electrons. The number of alkyl halides is 3. The van der Waals surface area contributed by atoms with Gasteiger partial charge in [0, 0.05) is 37.0 Å². The van der Waals surface area contributed by atoms with Gasteiger partial charge in [0.15, 0.2) is 5.75 Å². The maximum absolute atomic E-state index is 12.9. The number of benzene rings is 2. The van der Waals surface area contributed by atoms with Crippen molar-refractivity contribution < 1.29 is 32.5 Å². The van der Waals surface area contributed by atoms with E-state index in [0.717, 1.165) is 17.8 Å². The number of carbonyl (C=O) groups is 1. The van der Waals surface area contributed by atoms with Crippen LogP contribution in [0.15, 0.2) is 42.6 Å². The third-order valence-corrected chi connectivity index (χ3v) is 5.28. The van der Waals surface area contributed by atoms with Crippen LogP contribution in [0, 0.1) is 0 Å². The molecule has 2 aromatic carbocycles. The van der Waals surface area contributed by atoms with Gasteiger partial charge in [0.25, 0.3) is 5.91 Å². The van der Waals surface area contributed by atoms with E-state index in [0.29, 0.717) is 30.8 Å². The second kappa shape index (κ2) is 7.45. The zero-order valence-corrected chi connectivity index (χ0v) is 16.4. The highest BCUT2D eigenvalue weighted by Gasteiger charge is 2.32. The van der Waals surface area contributed by atoms with Crippen molar-refractivity contribution in [1.29, 1.82) is 0 Å². The molecule has 32 heavy (non-hydrogen) atoms. The number of nitrogens with zero attached hydrogens (tertiary/aromatic N) is 2. The molecule has 0 unspecified atom stereocenters. The predicted octanol–water partition coefficient (Wildman–Crippen LogP) is 3.90. The minimum atomic E-state index is -4.86. The summed E-state index contributed by atoms with van der Waals surface area (Å²) in [5, 5.41) is 19.5. The highest BCUT2D eigenvalue weighted by Crippen LogP contribution is 2.43. The third kappa shape index (κ3) is 3.82. The number of nitrogens with one attached hydrogen (secondary N) is 2. The number of aromatic nitrogens is 2. The Labute approximate surface area is 179 Å². The summed E-state index contributed by atoms with van der Waals surface area (Å²) in [6.45, 7) is 1.02. The van der Waals surface area contributed by atoms with Crippen LogP contribution in [0.2, 0.25) is 0 Å². The molecule has 0 aliphatic carbocycles. The summed E-state index contributed by atoms with van der Waals surface area (Å²) < 4.78 is 47.6. The highest BCUT2D eigenvalue weighted by molar-refractivity contribution is 6.09. The topological polar surface area (TPSA) is 99.7 Å². The van der Waals surface area contributed by atoms with Crippen molar-refractivity contribution in [3.8, 4) is 28.5 Å². The molecule has 0 spiro atoms. The Bertz CT molecular complexity index is 1180. The van der Waals surface area contributed by atoms with E-state index in [2.05, 4.69) is 20.3 Å².